The predicted molar refractivity (Wildman–Crippen MR) is 117 cm³/mol. The van der Waals surface area contributed by atoms with E-state index in [1.54, 1.807) is 11.8 Å². The van der Waals surface area contributed by atoms with Gasteiger partial charge in [0.2, 0.25) is 5.91 Å². The SMILES string of the molecule is C=C(S/C=C\C)C1=NCC(C(/C=C\C)=NC)=C2CC(NC(=O)CCC)CN12. The van der Waals surface area contributed by atoms with Crippen molar-refractivity contribution in [2.45, 2.75) is 46.1 Å². The van der Waals surface area contributed by atoms with Gasteiger partial charge in [-0.05, 0) is 31.8 Å². The Morgan fingerprint density at radius 3 is 2.85 bits per heavy atom. The van der Waals surface area contributed by atoms with Crippen molar-refractivity contribution in [3.63, 3.8) is 0 Å². The fraction of sp³-hybridized carbons (Fsp3) is 0.476. The number of thioether (sulfide) groups is 1. The van der Waals surface area contributed by atoms with E-state index in [0.29, 0.717) is 13.0 Å². The number of rotatable bonds is 8. The van der Waals surface area contributed by atoms with Crippen molar-refractivity contribution in [1.82, 2.24) is 10.2 Å². The number of carbonyl (C=O) groups is 1. The Morgan fingerprint density at radius 1 is 1.44 bits per heavy atom. The molecule has 146 valence electrons. The summed E-state index contributed by atoms with van der Waals surface area (Å²) in [5.74, 6) is 1.02. The van der Waals surface area contributed by atoms with E-state index in [1.807, 2.05) is 51.5 Å². The third-order valence-corrected chi connectivity index (χ3v) is 5.35. The maximum atomic E-state index is 12.1. The highest BCUT2D eigenvalue weighted by Crippen LogP contribution is 2.33. The van der Waals surface area contributed by atoms with Crippen molar-refractivity contribution in [2.24, 2.45) is 9.98 Å². The second-order valence-corrected chi connectivity index (χ2v) is 7.51. The van der Waals surface area contributed by atoms with Crippen LogP contribution in [0.2, 0.25) is 0 Å². The normalized spacial score (nSPS) is 20.4. The lowest BCUT2D eigenvalue weighted by molar-refractivity contribution is -0.121. The zero-order chi connectivity index (χ0) is 19.8. The highest BCUT2D eigenvalue weighted by atomic mass is 32.2. The van der Waals surface area contributed by atoms with E-state index >= 15 is 0 Å². The van der Waals surface area contributed by atoms with Gasteiger partial charge in [-0.1, -0.05) is 37.4 Å². The van der Waals surface area contributed by atoms with Gasteiger partial charge in [0.25, 0.3) is 0 Å². The number of nitrogens with zero attached hydrogens (tertiary/aromatic N) is 3. The van der Waals surface area contributed by atoms with E-state index in [0.717, 1.165) is 41.4 Å². The smallest absolute Gasteiger partial charge is 0.220 e. The molecule has 1 fully saturated rings. The standard InChI is InChI=1S/C21H30N4OS/c1-6-9-18(22-5)17-13-23-21(15(4)27-11-8-3)25-14-16(12-19(17)25)24-20(26)10-7-2/h6,8-9,11,16H,4,7,10,12-14H2,1-3,5H3,(H,24,26)/b9-6-,11-8-,22-18?. The summed E-state index contributed by atoms with van der Waals surface area (Å²) in [5, 5.41) is 5.18. The van der Waals surface area contributed by atoms with Crippen molar-refractivity contribution < 1.29 is 4.79 Å². The maximum Gasteiger partial charge on any atom is 0.220 e. The Kier molecular flexibility index (Phi) is 8.10. The number of aliphatic imine (C=N–C) groups is 2. The molecule has 27 heavy (non-hydrogen) atoms. The third kappa shape index (κ3) is 5.22. The highest BCUT2D eigenvalue weighted by molar-refractivity contribution is 8.06. The summed E-state index contributed by atoms with van der Waals surface area (Å²) < 4.78 is 0. The van der Waals surface area contributed by atoms with Gasteiger partial charge in [0.15, 0.2) is 0 Å². The van der Waals surface area contributed by atoms with E-state index in [4.69, 9.17) is 4.99 Å². The van der Waals surface area contributed by atoms with Crippen molar-refractivity contribution in [1.29, 1.82) is 0 Å². The molecule has 2 heterocycles. The number of amidine groups is 1. The Bertz CT molecular complexity index is 730. The van der Waals surface area contributed by atoms with Gasteiger partial charge in [-0.3, -0.25) is 14.8 Å². The summed E-state index contributed by atoms with van der Waals surface area (Å²) in [6, 6.07) is 0.0839. The van der Waals surface area contributed by atoms with Crippen LogP contribution in [0.15, 0.2) is 56.4 Å². The Morgan fingerprint density at radius 2 is 2.22 bits per heavy atom. The summed E-state index contributed by atoms with van der Waals surface area (Å²) >= 11 is 1.58. The minimum atomic E-state index is 0.0839. The summed E-state index contributed by atoms with van der Waals surface area (Å²) in [5.41, 5.74) is 3.28. The van der Waals surface area contributed by atoms with Crippen LogP contribution >= 0.6 is 11.8 Å². The number of carbonyl (C=O) groups excluding carboxylic acids is 1. The van der Waals surface area contributed by atoms with E-state index < -0.39 is 0 Å². The van der Waals surface area contributed by atoms with Gasteiger partial charge < -0.3 is 10.2 Å². The number of allylic oxidation sites excluding steroid dienone is 3. The van der Waals surface area contributed by atoms with Crippen molar-refractivity contribution in [3.8, 4) is 0 Å². The lowest BCUT2D eigenvalue weighted by atomic mass is 10.0. The molecule has 0 aromatic carbocycles. The molecule has 2 aliphatic heterocycles. The summed E-state index contributed by atoms with van der Waals surface area (Å²) in [6.45, 7) is 11.5. The molecular weight excluding hydrogens is 356 g/mol. The Hall–Kier alpha value is -2.08. The molecule has 1 N–H and O–H groups in total. The molecule has 0 radical (unpaired) electrons. The summed E-state index contributed by atoms with van der Waals surface area (Å²) in [4.78, 5) is 24.5. The van der Waals surface area contributed by atoms with Gasteiger partial charge in [-0.2, -0.15) is 0 Å². The van der Waals surface area contributed by atoms with Gasteiger partial charge in [0, 0.05) is 42.6 Å². The van der Waals surface area contributed by atoms with Crippen LogP contribution in [0.1, 0.15) is 40.0 Å². The molecule has 1 unspecified atom stereocenters. The van der Waals surface area contributed by atoms with Crippen LogP contribution < -0.4 is 5.32 Å². The van der Waals surface area contributed by atoms with Crippen LogP contribution in [0.3, 0.4) is 0 Å². The van der Waals surface area contributed by atoms with E-state index in [-0.39, 0.29) is 11.9 Å². The van der Waals surface area contributed by atoms with Gasteiger partial charge in [0.05, 0.1) is 18.3 Å². The molecule has 1 atom stereocenters. The number of fused-ring (bicyclic) bond motifs is 1. The minimum Gasteiger partial charge on any atom is -0.351 e. The average molecular weight is 387 g/mol. The average Bonchev–Trinajstić information content (AvgIpc) is 3.07. The Balaban J connectivity index is 2.32. The van der Waals surface area contributed by atoms with E-state index in [9.17, 15) is 4.79 Å². The molecule has 6 heteroatoms. The molecule has 0 bridgehead atoms. The molecule has 2 aliphatic rings. The van der Waals surface area contributed by atoms with Crippen molar-refractivity contribution in [2.75, 3.05) is 20.1 Å². The first-order valence-corrected chi connectivity index (χ1v) is 10.3. The first kappa shape index (κ1) is 21.2. The fourth-order valence-corrected chi connectivity index (χ4v) is 3.91. The zero-order valence-electron chi connectivity index (χ0n) is 16.8. The van der Waals surface area contributed by atoms with Crippen LogP contribution in [0.25, 0.3) is 0 Å². The lowest BCUT2D eigenvalue weighted by Crippen LogP contribution is -2.39. The largest absolute Gasteiger partial charge is 0.351 e. The zero-order valence-corrected chi connectivity index (χ0v) is 17.6. The molecule has 1 saturated heterocycles. The quantitative estimate of drug-likeness (QED) is 0.640. The van der Waals surface area contributed by atoms with Gasteiger partial charge >= 0.3 is 0 Å². The Labute approximate surface area is 167 Å². The predicted octanol–water partition coefficient (Wildman–Crippen LogP) is 4.07. The first-order chi connectivity index (χ1) is 13.0. The van der Waals surface area contributed by atoms with Crippen LogP contribution in [-0.2, 0) is 4.79 Å². The topological polar surface area (TPSA) is 57.1 Å². The number of hydrogen-bond donors (Lipinski definition) is 1. The van der Waals surface area contributed by atoms with Gasteiger partial charge in [0.1, 0.15) is 5.84 Å². The third-order valence-electron chi connectivity index (χ3n) is 4.47. The molecule has 0 saturated carbocycles. The minimum absolute atomic E-state index is 0.0839. The van der Waals surface area contributed by atoms with Crippen LogP contribution in [-0.4, -0.2) is 48.5 Å². The monoisotopic (exact) mass is 386 g/mol. The molecule has 1 amide bonds. The molecule has 2 rings (SSSR count). The summed E-state index contributed by atoms with van der Waals surface area (Å²) in [7, 11) is 1.81. The molecule has 0 spiro atoms. The first-order valence-electron chi connectivity index (χ1n) is 9.45. The fourth-order valence-electron chi connectivity index (χ4n) is 3.33. The summed E-state index contributed by atoms with van der Waals surface area (Å²) in [6.07, 6.45) is 8.22. The van der Waals surface area contributed by atoms with Crippen LogP contribution in [0, 0.1) is 0 Å². The second-order valence-electron chi connectivity index (χ2n) is 6.51. The van der Waals surface area contributed by atoms with Crippen molar-refractivity contribution >= 4 is 29.2 Å². The van der Waals surface area contributed by atoms with Crippen molar-refractivity contribution in [3.05, 3.63) is 46.4 Å². The molecular formula is C21H30N4OS. The highest BCUT2D eigenvalue weighted by Gasteiger charge is 2.36. The molecule has 0 aromatic heterocycles. The van der Waals surface area contributed by atoms with Crippen LogP contribution in [0.4, 0.5) is 0 Å². The maximum absolute atomic E-state index is 12.1. The lowest BCUT2D eigenvalue weighted by Gasteiger charge is -2.29. The number of nitrogens with one attached hydrogen (secondary N) is 1. The van der Waals surface area contributed by atoms with E-state index in [1.165, 1.54) is 5.70 Å². The molecule has 0 aliphatic carbocycles. The number of amides is 1. The number of hydrogen-bond acceptors (Lipinski definition) is 5. The molecule has 5 nitrogen and oxygen atoms in total. The second kappa shape index (κ2) is 10.3. The van der Waals surface area contributed by atoms with Crippen LogP contribution in [0.5, 0.6) is 0 Å². The van der Waals surface area contributed by atoms with Gasteiger partial charge in [-0.15, -0.1) is 0 Å². The van der Waals surface area contributed by atoms with E-state index in [2.05, 4.69) is 21.8 Å². The van der Waals surface area contributed by atoms with Gasteiger partial charge in [-0.25, -0.2) is 0 Å². The molecule has 0 aromatic rings.